The number of rotatable bonds is 2. The monoisotopic (exact) mass is 381 g/mol. The Hall–Kier alpha value is -0.970. The molecule has 0 saturated carbocycles. The van der Waals surface area contributed by atoms with Crippen LogP contribution in [0.4, 0.5) is 5.69 Å². The van der Waals surface area contributed by atoms with Gasteiger partial charge in [0.25, 0.3) is 0 Å². The van der Waals surface area contributed by atoms with Crippen LogP contribution in [0.5, 0.6) is 0 Å². The molecule has 1 amide bonds. The predicted molar refractivity (Wildman–Crippen MR) is 92.4 cm³/mol. The molecular weight excluding hydrogens is 370 g/mol. The summed E-state index contributed by atoms with van der Waals surface area (Å²) in [5.41, 5.74) is 1.98. The maximum atomic E-state index is 12.7. The molecule has 2 aromatic carbocycles. The number of thioether (sulfide) groups is 1. The molecule has 0 aromatic heterocycles. The van der Waals surface area contributed by atoms with Crippen LogP contribution in [0.1, 0.15) is 5.56 Å². The quantitative estimate of drug-likeness (QED) is 0.745. The molecule has 21 heavy (non-hydrogen) atoms. The van der Waals surface area contributed by atoms with Crippen molar-refractivity contribution >= 4 is 50.9 Å². The molecule has 2 nitrogen and oxygen atoms in total. The lowest BCUT2D eigenvalue weighted by Crippen LogP contribution is -2.34. The molecular formula is C16H13BrClNOS. The van der Waals surface area contributed by atoms with Gasteiger partial charge >= 0.3 is 0 Å². The van der Waals surface area contributed by atoms with Gasteiger partial charge in [-0.25, -0.2) is 0 Å². The minimum atomic E-state index is -0.0767. The molecule has 0 fully saturated rings. The Kier molecular flexibility index (Phi) is 4.29. The zero-order chi connectivity index (χ0) is 15.0. The zero-order valence-electron chi connectivity index (χ0n) is 11.3. The van der Waals surface area contributed by atoms with Crippen LogP contribution < -0.4 is 4.90 Å². The second-order valence-electron chi connectivity index (χ2n) is 4.91. The van der Waals surface area contributed by atoms with Gasteiger partial charge < -0.3 is 4.90 Å². The number of hydrogen-bond acceptors (Lipinski definition) is 2. The molecule has 0 aliphatic carbocycles. The van der Waals surface area contributed by atoms with Gasteiger partial charge in [-0.3, -0.25) is 4.79 Å². The number of carbonyl (C=O) groups is 1. The molecule has 108 valence electrons. The number of fused-ring (bicyclic) bond motifs is 1. The molecule has 0 N–H and O–H groups in total. The summed E-state index contributed by atoms with van der Waals surface area (Å²) in [7, 11) is 1.78. The molecule has 2 aromatic rings. The maximum Gasteiger partial charge on any atom is 0.240 e. The topological polar surface area (TPSA) is 20.3 Å². The molecule has 1 atom stereocenters. The van der Waals surface area contributed by atoms with E-state index in [1.54, 1.807) is 29.8 Å². The van der Waals surface area contributed by atoms with Crippen molar-refractivity contribution in [2.24, 2.45) is 0 Å². The van der Waals surface area contributed by atoms with Gasteiger partial charge in [0.1, 0.15) is 0 Å². The first-order valence-electron chi connectivity index (χ1n) is 6.53. The molecule has 0 radical (unpaired) electrons. The fourth-order valence-corrected chi connectivity index (χ4v) is 4.50. The average Bonchev–Trinajstić information content (AvgIpc) is 2.89. The summed E-state index contributed by atoms with van der Waals surface area (Å²) in [4.78, 5) is 15.5. The maximum absolute atomic E-state index is 12.7. The van der Waals surface area contributed by atoms with Gasteiger partial charge in [-0.15, -0.1) is 11.8 Å². The molecule has 0 saturated heterocycles. The van der Waals surface area contributed by atoms with E-state index in [1.807, 2.05) is 24.3 Å². The second kappa shape index (κ2) is 6.03. The fraction of sp³-hybridized carbons (Fsp3) is 0.188. The second-order valence-corrected chi connectivity index (χ2v) is 7.48. The highest BCUT2D eigenvalue weighted by atomic mass is 79.9. The third kappa shape index (κ3) is 2.98. The molecule has 1 aliphatic rings. The standard InChI is InChI=1S/C16H13BrClNOS/c1-19(13-7-6-11(17)9-12(13)18)16(20)15-8-10-4-2-3-5-14(10)21-15/h2-7,9,15H,8H2,1H3. The van der Waals surface area contributed by atoms with E-state index >= 15 is 0 Å². The third-order valence-corrected chi connectivity index (χ3v) is 5.63. The highest BCUT2D eigenvalue weighted by Gasteiger charge is 2.31. The Morgan fingerprint density at radius 3 is 2.81 bits per heavy atom. The van der Waals surface area contributed by atoms with Crippen molar-refractivity contribution in [3.05, 3.63) is 57.5 Å². The van der Waals surface area contributed by atoms with Crippen molar-refractivity contribution in [3.63, 3.8) is 0 Å². The summed E-state index contributed by atoms with van der Waals surface area (Å²) in [6.07, 6.45) is 0.776. The lowest BCUT2D eigenvalue weighted by Gasteiger charge is -2.21. The summed E-state index contributed by atoms with van der Waals surface area (Å²) in [5, 5.41) is 0.493. The number of halogens is 2. The van der Waals surface area contributed by atoms with Crippen LogP contribution in [0.25, 0.3) is 0 Å². The van der Waals surface area contributed by atoms with Gasteiger partial charge in [0.2, 0.25) is 5.91 Å². The Labute approximate surface area is 141 Å². The van der Waals surface area contributed by atoms with Gasteiger partial charge in [-0.2, -0.15) is 0 Å². The molecule has 5 heteroatoms. The Balaban J connectivity index is 1.80. The van der Waals surface area contributed by atoms with E-state index in [4.69, 9.17) is 11.6 Å². The van der Waals surface area contributed by atoms with E-state index in [1.165, 1.54) is 10.5 Å². The van der Waals surface area contributed by atoms with E-state index in [9.17, 15) is 4.79 Å². The Morgan fingerprint density at radius 1 is 1.33 bits per heavy atom. The Morgan fingerprint density at radius 2 is 2.10 bits per heavy atom. The number of benzene rings is 2. The Bertz CT molecular complexity index is 681. The molecule has 1 unspecified atom stereocenters. The summed E-state index contributed by atoms with van der Waals surface area (Å²) in [6, 6.07) is 13.7. The minimum Gasteiger partial charge on any atom is -0.313 e. The zero-order valence-corrected chi connectivity index (χ0v) is 14.5. The van der Waals surface area contributed by atoms with Crippen LogP contribution in [0.15, 0.2) is 51.8 Å². The van der Waals surface area contributed by atoms with Crippen molar-refractivity contribution in [2.45, 2.75) is 16.6 Å². The lowest BCUT2D eigenvalue weighted by molar-refractivity contribution is -0.117. The van der Waals surface area contributed by atoms with Gasteiger partial charge in [0, 0.05) is 16.4 Å². The van der Waals surface area contributed by atoms with Crippen LogP contribution in [-0.2, 0) is 11.2 Å². The molecule has 1 heterocycles. The van der Waals surface area contributed by atoms with Crippen LogP contribution in [-0.4, -0.2) is 18.2 Å². The normalized spacial score (nSPS) is 16.6. The van der Waals surface area contributed by atoms with Crippen LogP contribution in [0.3, 0.4) is 0 Å². The molecule has 3 rings (SSSR count). The van der Waals surface area contributed by atoms with Crippen molar-refractivity contribution < 1.29 is 4.79 Å². The minimum absolute atomic E-state index is 0.0767. The van der Waals surface area contributed by atoms with Gasteiger partial charge in [-0.1, -0.05) is 45.7 Å². The number of amides is 1. The van der Waals surface area contributed by atoms with Gasteiger partial charge in [-0.05, 0) is 36.2 Å². The predicted octanol–water partition coefficient (Wildman–Crippen LogP) is 4.78. The van der Waals surface area contributed by atoms with Crippen molar-refractivity contribution in [1.29, 1.82) is 0 Å². The van der Waals surface area contributed by atoms with Crippen LogP contribution in [0, 0.1) is 0 Å². The smallest absolute Gasteiger partial charge is 0.240 e. The first kappa shape index (κ1) is 14.9. The third-order valence-electron chi connectivity index (χ3n) is 3.52. The molecule has 0 bridgehead atoms. The van der Waals surface area contributed by atoms with E-state index in [2.05, 4.69) is 28.1 Å². The summed E-state index contributed by atoms with van der Waals surface area (Å²) in [6.45, 7) is 0. The van der Waals surface area contributed by atoms with Gasteiger partial charge in [0.05, 0.1) is 16.0 Å². The highest BCUT2D eigenvalue weighted by Crippen LogP contribution is 2.38. The fourth-order valence-electron chi connectivity index (χ4n) is 2.41. The molecule has 1 aliphatic heterocycles. The first-order valence-corrected chi connectivity index (χ1v) is 8.58. The van der Waals surface area contributed by atoms with E-state index < -0.39 is 0 Å². The van der Waals surface area contributed by atoms with Crippen molar-refractivity contribution in [3.8, 4) is 0 Å². The van der Waals surface area contributed by atoms with Crippen LogP contribution >= 0.6 is 39.3 Å². The van der Waals surface area contributed by atoms with E-state index in [0.29, 0.717) is 5.02 Å². The van der Waals surface area contributed by atoms with Crippen molar-refractivity contribution in [2.75, 3.05) is 11.9 Å². The first-order chi connectivity index (χ1) is 10.1. The number of carbonyl (C=O) groups excluding carboxylic acids is 1. The number of hydrogen-bond donors (Lipinski definition) is 0. The average molecular weight is 383 g/mol. The largest absolute Gasteiger partial charge is 0.313 e. The SMILES string of the molecule is CN(C(=O)C1Cc2ccccc2S1)c1ccc(Br)cc1Cl. The highest BCUT2D eigenvalue weighted by molar-refractivity contribution is 9.10. The van der Waals surface area contributed by atoms with E-state index in [0.717, 1.165) is 16.6 Å². The number of nitrogens with zero attached hydrogens (tertiary/aromatic N) is 1. The molecule has 0 spiro atoms. The van der Waals surface area contributed by atoms with Gasteiger partial charge in [0.15, 0.2) is 0 Å². The van der Waals surface area contributed by atoms with Crippen molar-refractivity contribution in [1.82, 2.24) is 0 Å². The number of anilines is 1. The lowest BCUT2D eigenvalue weighted by atomic mass is 10.1. The van der Waals surface area contributed by atoms with E-state index in [-0.39, 0.29) is 11.2 Å². The van der Waals surface area contributed by atoms with Crippen LogP contribution in [0.2, 0.25) is 5.02 Å². The summed E-state index contributed by atoms with van der Waals surface area (Å²) >= 11 is 11.2. The summed E-state index contributed by atoms with van der Waals surface area (Å²) < 4.78 is 0.903. The summed E-state index contributed by atoms with van der Waals surface area (Å²) in [5.74, 6) is 0.0837.